The van der Waals surface area contributed by atoms with E-state index in [0.717, 1.165) is 60.6 Å². The summed E-state index contributed by atoms with van der Waals surface area (Å²) in [6.45, 7) is 8.26. The average Bonchev–Trinajstić information content (AvgIpc) is 3.23. The first-order valence-corrected chi connectivity index (χ1v) is 10.7. The zero-order chi connectivity index (χ0) is 19.9. The Kier molecular flexibility index (Phi) is 7.22. The number of nitrogens with zero attached hydrogens (tertiary/aromatic N) is 2. The molecule has 0 amide bonds. The summed E-state index contributed by atoms with van der Waals surface area (Å²) in [5.74, 6) is 1.51. The minimum absolute atomic E-state index is 0.340. The minimum atomic E-state index is 0.340. The Balaban J connectivity index is 1.90. The van der Waals surface area contributed by atoms with Crippen molar-refractivity contribution in [1.29, 1.82) is 5.26 Å². The summed E-state index contributed by atoms with van der Waals surface area (Å²) < 4.78 is 11.3. The topological polar surface area (TPSA) is 57.5 Å². The van der Waals surface area contributed by atoms with E-state index in [1.807, 2.05) is 13.0 Å². The SMILES string of the molecule is CCOc1cc2c(cc1OC)C(=C(C#N)CCCN1CCCC1)NC(CC)C2. The Bertz CT molecular complexity index is 745. The largest absolute Gasteiger partial charge is 0.493 e. The lowest BCUT2D eigenvalue weighted by Gasteiger charge is -2.30. The molecule has 1 atom stereocenters. The van der Waals surface area contributed by atoms with Crippen molar-refractivity contribution in [1.82, 2.24) is 10.2 Å². The van der Waals surface area contributed by atoms with E-state index in [-0.39, 0.29) is 0 Å². The number of allylic oxidation sites excluding steroid dienone is 1. The van der Waals surface area contributed by atoms with E-state index in [2.05, 4.69) is 29.3 Å². The van der Waals surface area contributed by atoms with Crippen LogP contribution in [0.1, 0.15) is 57.1 Å². The van der Waals surface area contributed by atoms with Gasteiger partial charge in [0.2, 0.25) is 0 Å². The summed E-state index contributed by atoms with van der Waals surface area (Å²) in [5, 5.41) is 13.5. The maximum atomic E-state index is 9.90. The van der Waals surface area contributed by atoms with Crippen LogP contribution < -0.4 is 14.8 Å². The summed E-state index contributed by atoms with van der Waals surface area (Å²) in [4.78, 5) is 2.51. The zero-order valence-corrected chi connectivity index (χ0v) is 17.5. The molecular formula is C23H33N3O2. The standard InChI is InChI=1S/C23H33N3O2/c1-4-19-13-18-14-22(28-5-2)21(27-3)15-20(18)23(25-19)17(16-24)9-8-12-26-10-6-7-11-26/h14-15,19,25H,4-13H2,1-3H3. The number of methoxy groups -OCH3 is 1. The van der Waals surface area contributed by atoms with E-state index in [1.165, 1.54) is 31.5 Å². The van der Waals surface area contributed by atoms with Gasteiger partial charge >= 0.3 is 0 Å². The normalized spacial score (nSPS) is 20.9. The van der Waals surface area contributed by atoms with Gasteiger partial charge in [-0.2, -0.15) is 5.26 Å². The highest BCUT2D eigenvalue weighted by atomic mass is 16.5. The third kappa shape index (κ3) is 4.62. The predicted molar refractivity (Wildman–Crippen MR) is 113 cm³/mol. The van der Waals surface area contributed by atoms with Crippen LogP contribution in [0.25, 0.3) is 5.70 Å². The van der Waals surface area contributed by atoms with Crippen molar-refractivity contribution in [3.8, 4) is 17.6 Å². The number of nitrogens with one attached hydrogen (secondary N) is 1. The number of fused-ring (bicyclic) bond motifs is 1. The lowest BCUT2D eigenvalue weighted by molar-refractivity contribution is 0.310. The predicted octanol–water partition coefficient (Wildman–Crippen LogP) is 4.13. The molecule has 5 nitrogen and oxygen atoms in total. The van der Waals surface area contributed by atoms with Crippen LogP contribution in [0.4, 0.5) is 0 Å². The molecule has 2 aliphatic heterocycles. The van der Waals surface area contributed by atoms with Gasteiger partial charge in [-0.1, -0.05) is 6.92 Å². The van der Waals surface area contributed by atoms with Crippen LogP contribution in [-0.4, -0.2) is 44.3 Å². The maximum absolute atomic E-state index is 9.90. The number of benzene rings is 1. The Hall–Kier alpha value is -2.19. The summed E-state index contributed by atoms with van der Waals surface area (Å²) in [7, 11) is 1.67. The summed E-state index contributed by atoms with van der Waals surface area (Å²) in [6, 6.07) is 6.96. The molecule has 1 N–H and O–H groups in total. The monoisotopic (exact) mass is 383 g/mol. The third-order valence-electron chi connectivity index (χ3n) is 5.80. The molecule has 0 spiro atoms. The van der Waals surface area contributed by atoms with E-state index in [1.54, 1.807) is 7.11 Å². The van der Waals surface area contributed by atoms with Gasteiger partial charge in [0.15, 0.2) is 11.5 Å². The van der Waals surface area contributed by atoms with Crippen molar-refractivity contribution < 1.29 is 9.47 Å². The number of rotatable bonds is 8. The van der Waals surface area contributed by atoms with Gasteiger partial charge < -0.3 is 19.7 Å². The van der Waals surface area contributed by atoms with Crippen LogP contribution in [0.2, 0.25) is 0 Å². The second-order valence-electron chi connectivity index (χ2n) is 7.66. The Morgan fingerprint density at radius 1 is 1.25 bits per heavy atom. The highest BCUT2D eigenvalue weighted by Crippen LogP contribution is 2.38. The van der Waals surface area contributed by atoms with E-state index >= 15 is 0 Å². The molecule has 3 rings (SSSR count). The van der Waals surface area contributed by atoms with E-state index in [4.69, 9.17) is 9.47 Å². The fourth-order valence-electron chi connectivity index (χ4n) is 4.25. The second kappa shape index (κ2) is 9.84. The molecule has 1 aromatic rings. The molecule has 5 heteroatoms. The summed E-state index contributed by atoms with van der Waals surface area (Å²) in [6.07, 6.45) is 6.40. The molecule has 1 aromatic carbocycles. The van der Waals surface area contributed by atoms with E-state index in [9.17, 15) is 5.26 Å². The molecule has 0 aromatic heterocycles. The number of likely N-dealkylation sites (tertiary alicyclic amines) is 1. The molecule has 28 heavy (non-hydrogen) atoms. The van der Waals surface area contributed by atoms with Gasteiger partial charge in [0.25, 0.3) is 0 Å². The van der Waals surface area contributed by atoms with Gasteiger partial charge in [-0.3, -0.25) is 0 Å². The molecule has 0 bridgehead atoms. The summed E-state index contributed by atoms with van der Waals surface area (Å²) >= 11 is 0. The molecule has 1 unspecified atom stereocenters. The van der Waals surface area contributed by atoms with Gasteiger partial charge in [0, 0.05) is 11.6 Å². The molecule has 0 radical (unpaired) electrons. The van der Waals surface area contributed by atoms with Crippen LogP contribution in [0.5, 0.6) is 11.5 Å². The Labute approximate surface area is 169 Å². The molecule has 0 saturated carbocycles. The van der Waals surface area contributed by atoms with Gasteiger partial charge in [-0.05, 0) is 82.8 Å². The maximum Gasteiger partial charge on any atom is 0.161 e. The van der Waals surface area contributed by atoms with Crippen molar-refractivity contribution in [2.24, 2.45) is 0 Å². The smallest absolute Gasteiger partial charge is 0.161 e. The number of ether oxygens (including phenoxy) is 2. The average molecular weight is 384 g/mol. The van der Waals surface area contributed by atoms with Crippen LogP contribution in [-0.2, 0) is 6.42 Å². The van der Waals surface area contributed by atoms with E-state index in [0.29, 0.717) is 12.6 Å². The Morgan fingerprint density at radius 3 is 2.68 bits per heavy atom. The molecule has 1 saturated heterocycles. The minimum Gasteiger partial charge on any atom is -0.493 e. The zero-order valence-electron chi connectivity index (χ0n) is 17.5. The molecule has 1 fully saturated rings. The number of hydrogen-bond acceptors (Lipinski definition) is 5. The third-order valence-corrected chi connectivity index (χ3v) is 5.80. The Morgan fingerprint density at radius 2 is 2.04 bits per heavy atom. The summed E-state index contributed by atoms with van der Waals surface area (Å²) in [5.41, 5.74) is 4.16. The van der Waals surface area contributed by atoms with Gasteiger partial charge in [0.05, 0.1) is 31.1 Å². The lowest BCUT2D eigenvalue weighted by Crippen LogP contribution is -2.35. The first-order valence-electron chi connectivity index (χ1n) is 10.7. The van der Waals surface area contributed by atoms with E-state index < -0.39 is 0 Å². The van der Waals surface area contributed by atoms with Crippen molar-refractivity contribution >= 4 is 5.70 Å². The highest BCUT2D eigenvalue weighted by molar-refractivity contribution is 5.76. The fourth-order valence-corrected chi connectivity index (χ4v) is 4.25. The van der Waals surface area contributed by atoms with Crippen LogP contribution in [0, 0.1) is 11.3 Å². The number of hydrogen-bond donors (Lipinski definition) is 1. The molecular weight excluding hydrogens is 350 g/mol. The van der Waals surface area contributed by atoms with Gasteiger partial charge in [-0.15, -0.1) is 0 Å². The van der Waals surface area contributed by atoms with Gasteiger partial charge in [0.1, 0.15) is 0 Å². The molecule has 2 aliphatic rings. The second-order valence-corrected chi connectivity index (χ2v) is 7.66. The van der Waals surface area contributed by atoms with Crippen molar-refractivity contribution in [2.45, 2.75) is 58.4 Å². The fraction of sp³-hybridized carbons (Fsp3) is 0.609. The van der Waals surface area contributed by atoms with Crippen molar-refractivity contribution in [3.05, 3.63) is 28.8 Å². The van der Waals surface area contributed by atoms with Crippen molar-refractivity contribution in [3.63, 3.8) is 0 Å². The van der Waals surface area contributed by atoms with Crippen LogP contribution in [0.15, 0.2) is 17.7 Å². The number of nitriles is 1. The van der Waals surface area contributed by atoms with Gasteiger partial charge in [-0.25, -0.2) is 0 Å². The van der Waals surface area contributed by atoms with Crippen LogP contribution >= 0.6 is 0 Å². The lowest BCUT2D eigenvalue weighted by atomic mass is 9.89. The quantitative estimate of drug-likeness (QED) is 0.684. The van der Waals surface area contributed by atoms with Crippen molar-refractivity contribution in [2.75, 3.05) is 33.4 Å². The first-order chi connectivity index (χ1) is 13.7. The molecule has 2 heterocycles. The molecule has 152 valence electrons. The highest BCUT2D eigenvalue weighted by Gasteiger charge is 2.25. The first kappa shape index (κ1) is 20.5. The van der Waals surface area contributed by atoms with Crippen LogP contribution in [0.3, 0.4) is 0 Å². The molecule has 0 aliphatic carbocycles.